The molecular weight excluding hydrogens is 312 g/mol. The predicted octanol–water partition coefficient (Wildman–Crippen LogP) is 2.66. The van der Waals surface area contributed by atoms with Crippen LogP contribution < -0.4 is 4.74 Å². The monoisotopic (exact) mass is 332 g/mol. The Kier molecular flexibility index (Phi) is 4.37. The summed E-state index contributed by atoms with van der Waals surface area (Å²) >= 11 is 0. The number of methoxy groups -OCH3 is 1. The fourth-order valence-corrected chi connectivity index (χ4v) is 4.74. The third-order valence-corrected chi connectivity index (χ3v) is 6.31. The van der Waals surface area contributed by atoms with E-state index in [-0.39, 0.29) is 16.9 Å². The number of nitrogens with zero attached hydrogens (tertiary/aromatic N) is 2. The van der Waals surface area contributed by atoms with E-state index in [0.29, 0.717) is 6.54 Å². The highest BCUT2D eigenvalue weighted by Crippen LogP contribution is 2.35. The first-order chi connectivity index (χ1) is 11.0. The van der Waals surface area contributed by atoms with E-state index >= 15 is 0 Å². The minimum atomic E-state index is -3.50. The molecule has 1 fully saturated rings. The molecule has 1 aliphatic rings. The molecule has 0 amide bonds. The molecule has 1 aliphatic heterocycles. The molecule has 2 atom stereocenters. The van der Waals surface area contributed by atoms with Crippen molar-refractivity contribution in [1.29, 1.82) is 0 Å². The van der Waals surface area contributed by atoms with Crippen molar-refractivity contribution in [3.05, 3.63) is 54.4 Å². The van der Waals surface area contributed by atoms with Gasteiger partial charge >= 0.3 is 0 Å². The van der Waals surface area contributed by atoms with Gasteiger partial charge in [-0.15, -0.1) is 0 Å². The number of aromatic nitrogens is 1. The second-order valence-corrected chi connectivity index (χ2v) is 7.71. The summed E-state index contributed by atoms with van der Waals surface area (Å²) in [7, 11) is -1.86. The van der Waals surface area contributed by atoms with Crippen molar-refractivity contribution < 1.29 is 13.2 Å². The first-order valence-electron chi connectivity index (χ1n) is 7.58. The van der Waals surface area contributed by atoms with Gasteiger partial charge in [0, 0.05) is 25.0 Å². The van der Waals surface area contributed by atoms with E-state index in [4.69, 9.17) is 4.74 Å². The number of hydrogen-bond acceptors (Lipinski definition) is 4. The van der Waals surface area contributed by atoms with Gasteiger partial charge in [-0.2, -0.15) is 4.31 Å². The van der Waals surface area contributed by atoms with Crippen molar-refractivity contribution in [1.82, 2.24) is 9.29 Å². The molecule has 0 radical (unpaired) electrons. The van der Waals surface area contributed by atoms with E-state index in [2.05, 4.69) is 4.98 Å². The van der Waals surface area contributed by atoms with Gasteiger partial charge in [-0.25, -0.2) is 8.42 Å². The highest BCUT2D eigenvalue weighted by Gasteiger charge is 2.38. The maximum Gasteiger partial charge on any atom is 0.244 e. The Morgan fingerprint density at radius 3 is 2.57 bits per heavy atom. The molecule has 2 heterocycles. The second-order valence-electron chi connectivity index (χ2n) is 5.82. The van der Waals surface area contributed by atoms with E-state index in [1.54, 1.807) is 29.7 Å². The molecule has 23 heavy (non-hydrogen) atoms. The molecule has 3 rings (SSSR count). The Bertz CT molecular complexity index is 760. The third kappa shape index (κ3) is 3.09. The minimum Gasteiger partial charge on any atom is -0.497 e. The van der Waals surface area contributed by atoms with E-state index in [0.717, 1.165) is 17.7 Å². The zero-order valence-electron chi connectivity index (χ0n) is 13.2. The average Bonchev–Trinajstić information content (AvgIpc) is 2.98. The summed E-state index contributed by atoms with van der Waals surface area (Å²) in [4.78, 5) is 4.18. The van der Waals surface area contributed by atoms with Gasteiger partial charge in [0.2, 0.25) is 10.0 Å². The molecule has 122 valence electrons. The van der Waals surface area contributed by atoms with Gasteiger partial charge in [0.25, 0.3) is 0 Å². The average molecular weight is 332 g/mol. The molecule has 6 heteroatoms. The molecule has 1 saturated heterocycles. The lowest BCUT2D eigenvalue weighted by molar-refractivity contribution is 0.407. The second kappa shape index (κ2) is 6.29. The van der Waals surface area contributed by atoms with Gasteiger partial charge in [0.1, 0.15) is 10.6 Å². The molecule has 2 aromatic rings. The highest BCUT2D eigenvalue weighted by molar-refractivity contribution is 7.89. The number of rotatable bonds is 4. The van der Waals surface area contributed by atoms with Crippen LogP contribution in [-0.4, -0.2) is 37.4 Å². The van der Waals surface area contributed by atoms with Crippen molar-refractivity contribution in [2.24, 2.45) is 0 Å². The summed E-state index contributed by atoms with van der Waals surface area (Å²) in [5.74, 6) is 1.00. The Morgan fingerprint density at radius 2 is 1.96 bits per heavy atom. The van der Waals surface area contributed by atoms with Crippen LogP contribution in [0.15, 0.2) is 53.7 Å². The van der Waals surface area contributed by atoms with E-state index in [1.807, 2.05) is 31.2 Å². The quantitative estimate of drug-likeness (QED) is 0.864. The topological polar surface area (TPSA) is 59.5 Å². The van der Waals surface area contributed by atoms with Gasteiger partial charge in [-0.05, 0) is 49.1 Å². The summed E-state index contributed by atoms with van der Waals surface area (Å²) in [6.07, 6.45) is 3.79. The van der Waals surface area contributed by atoms with Crippen LogP contribution in [0.1, 0.15) is 24.8 Å². The number of benzene rings is 1. The van der Waals surface area contributed by atoms with Crippen LogP contribution in [0.4, 0.5) is 0 Å². The van der Waals surface area contributed by atoms with Crippen molar-refractivity contribution in [2.75, 3.05) is 13.7 Å². The molecule has 0 aliphatic carbocycles. The lowest BCUT2D eigenvalue weighted by Crippen LogP contribution is -2.34. The smallest absolute Gasteiger partial charge is 0.244 e. The summed E-state index contributed by atoms with van der Waals surface area (Å²) < 4.78 is 32.3. The van der Waals surface area contributed by atoms with E-state index in [9.17, 15) is 8.42 Å². The van der Waals surface area contributed by atoms with Gasteiger partial charge in [-0.1, -0.05) is 12.1 Å². The van der Waals surface area contributed by atoms with Crippen LogP contribution in [0.2, 0.25) is 0 Å². The van der Waals surface area contributed by atoms with Crippen LogP contribution in [0, 0.1) is 0 Å². The van der Waals surface area contributed by atoms with E-state index in [1.165, 1.54) is 6.20 Å². The summed E-state index contributed by atoms with van der Waals surface area (Å²) in [5.41, 5.74) is 1.14. The molecular formula is C17H20N2O3S. The fraction of sp³-hybridized carbons (Fsp3) is 0.353. The first-order valence-corrected chi connectivity index (χ1v) is 9.02. The maximum absolute atomic E-state index is 12.8. The van der Waals surface area contributed by atoms with E-state index < -0.39 is 10.0 Å². The Labute approximate surface area is 137 Å². The molecule has 1 aromatic heterocycles. The Balaban J connectivity index is 1.83. The molecule has 5 nitrogen and oxygen atoms in total. The number of ether oxygens (including phenoxy) is 1. The molecule has 0 bridgehead atoms. The Hall–Kier alpha value is -1.92. The van der Waals surface area contributed by atoms with Crippen molar-refractivity contribution >= 4 is 10.0 Å². The zero-order valence-corrected chi connectivity index (χ0v) is 14.0. The first kappa shape index (κ1) is 16.0. The van der Waals surface area contributed by atoms with Crippen LogP contribution in [-0.2, 0) is 10.0 Å². The van der Waals surface area contributed by atoms with Gasteiger partial charge in [0.05, 0.1) is 7.11 Å². The summed E-state index contributed by atoms with van der Waals surface area (Å²) in [5, 5.41) is 0. The summed E-state index contributed by atoms with van der Waals surface area (Å²) in [6, 6.07) is 11.1. The highest BCUT2D eigenvalue weighted by atomic mass is 32.2. The molecule has 0 unspecified atom stereocenters. The largest absolute Gasteiger partial charge is 0.497 e. The van der Waals surface area contributed by atoms with Gasteiger partial charge < -0.3 is 4.74 Å². The number of pyridine rings is 1. The van der Waals surface area contributed by atoms with Crippen LogP contribution >= 0.6 is 0 Å². The van der Waals surface area contributed by atoms with Crippen LogP contribution in [0.25, 0.3) is 0 Å². The lowest BCUT2D eigenvalue weighted by atomic mass is 9.97. The lowest BCUT2D eigenvalue weighted by Gasteiger charge is -2.20. The number of sulfonamides is 1. The standard InChI is InChI=1S/C17H20N2O3S/c1-13-10-15(14-5-7-16(22-2)8-6-14)12-19(13)23(20,21)17-4-3-9-18-11-17/h3-9,11,13,15H,10,12H2,1-2H3/t13-,15+/m1/s1. The predicted molar refractivity (Wildman–Crippen MR) is 87.9 cm³/mol. The zero-order chi connectivity index (χ0) is 16.4. The fourth-order valence-electron chi connectivity index (χ4n) is 3.09. The van der Waals surface area contributed by atoms with Crippen molar-refractivity contribution in [2.45, 2.75) is 30.2 Å². The van der Waals surface area contributed by atoms with Gasteiger partial charge in [-0.3, -0.25) is 4.98 Å². The Morgan fingerprint density at radius 1 is 1.22 bits per heavy atom. The van der Waals surface area contributed by atoms with Crippen molar-refractivity contribution in [3.63, 3.8) is 0 Å². The molecule has 0 N–H and O–H groups in total. The van der Waals surface area contributed by atoms with Gasteiger partial charge in [0.15, 0.2) is 0 Å². The maximum atomic E-state index is 12.8. The molecule has 0 saturated carbocycles. The van der Waals surface area contributed by atoms with Crippen LogP contribution in [0.5, 0.6) is 5.75 Å². The van der Waals surface area contributed by atoms with Crippen LogP contribution in [0.3, 0.4) is 0 Å². The third-order valence-electron chi connectivity index (χ3n) is 4.35. The normalized spacial score (nSPS) is 22.2. The van der Waals surface area contributed by atoms with Crippen molar-refractivity contribution in [3.8, 4) is 5.75 Å². The molecule has 0 spiro atoms. The SMILES string of the molecule is COc1ccc([C@H]2C[C@@H](C)N(S(=O)(=O)c3cccnc3)C2)cc1. The summed E-state index contributed by atoms with van der Waals surface area (Å²) in [6.45, 7) is 2.45. The minimum absolute atomic E-state index is 0.0349. The molecule has 1 aromatic carbocycles. The number of hydrogen-bond donors (Lipinski definition) is 0.